The van der Waals surface area contributed by atoms with Gasteiger partial charge in [-0.2, -0.15) is 16.7 Å². The second-order valence-electron chi connectivity index (χ2n) is 2.98. The fraction of sp³-hybridized carbons (Fsp3) is 0.750. The van der Waals surface area contributed by atoms with Gasteiger partial charge in [-0.25, -0.2) is 0 Å². The molecule has 5 heteroatoms. The van der Waals surface area contributed by atoms with Crippen LogP contribution in [0, 0.1) is 0 Å². The normalized spacial score (nSPS) is 22.4. The molecule has 0 radical (unpaired) electrons. The van der Waals surface area contributed by atoms with Gasteiger partial charge in [0.05, 0.1) is 11.0 Å². The summed E-state index contributed by atoms with van der Waals surface area (Å²) in [6.07, 6.45) is 4.50. The Morgan fingerprint density at radius 1 is 1.69 bits per heavy atom. The third-order valence-electron chi connectivity index (χ3n) is 1.96. The summed E-state index contributed by atoms with van der Waals surface area (Å²) in [5, 5.41) is 4.39. The van der Waals surface area contributed by atoms with Crippen molar-refractivity contribution in [3.05, 3.63) is 11.7 Å². The van der Waals surface area contributed by atoms with E-state index in [9.17, 15) is 0 Å². The predicted octanol–water partition coefficient (Wildman–Crippen LogP) is 2.50. The highest BCUT2D eigenvalue weighted by Gasteiger charge is 2.23. The van der Waals surface area contributed by atoms with Crippen molar-refractivity contribution in [1.29, 1.82) is 0 Å². The van der Waals surface area contributed by atoms with Crippen LogP contribution < -0.4 is 0 Å². The average molecular weight is 216 g/mol. The van der Waals surface area contributed by atoms with Crippen molar-refractivity contribution in [3.8, 4) is 0 Å². The van der Waals surface area contributed by atoms with Gasteiger partial charge < -0.3 is 4.52 Å². The third kappa shape index (κ3) is 2.20. The van der Waals surface area contributed by atoms with Crippen LogP contribution in [0.3, 0.4) is 0 Å². The van der Waals surface area contributed by atoms with E-state index in [4.69, 9.17) is 4.52 Å². The lowest BCUT2D eigenvalue weighted by Crippen LogP contribution is -1.89. The first kappa shape index (κ1) is 9.40. The van der Waals surface area contributed by atoms with Gasteiger partial charge in [0.2, 0.25) is 5.89 Å². The summed E-state index contributed by atoms with van der Waals surface area (Å²) in [6, 6.07) is 0. The molecule has 1 aliphatic heterocycles. The number of nitrogens with zero attached hydrogens (tertiary/aromatic N) is 2. The number of aromatic nitrogens is 2. The monoisotopic (exact) mass is 216 g/mol. The fourth-order valence-electron chi connectivity index (χ4n) is 1.36. The van der Waals surface area contributed by atoms with E-state index in [0.29, 0.717) is 5.25 Å². The first-order chi connectivity index (χ1) is 6.40. The number of hydrogen-bond acceptors (Lipinski definition) is 5. The van der Waals surface area contributed by atoms with Crippen LogP contribution in [0.15, 0.2) is 4.52 Å². The molecule has 72 valence electrons. The Bertz CT molecular complexity index is 271. The summed E-state index contributed by atoms with van der Waals surface area (Å²) in [6.45, 7) is 0. The summed E-state index contributed by atoms with van der Waals surface area (Å²) in [5.41, 5.74) is 0. The summed E-state index contributed by atoms with van der Waals surface area (Å²) < 4.78 is 5.21. The zero-order valence-electron chi connectivity index (χ0n) is 7.52. The van der Waals surface area contributed by atoms with Crippen molar-refractivity contribution in [3.63, 3.8) is 0 Å². The van der Waals surface area contributed by atoms with Crippen LogP contribution in [0.4, 0.5) is 0 Å². The topological polar surface area (TPSA) is 38.9 Å². The van der Waals surface area contributed by atoms with E-state index in [2.05, 4.69) is 10.1 Å². The Hall–Kier alpha value is -0.160. The van der Waals surface area contributed by atoms with Crippen molar-refractivity contribution >= 4 is 23.5 Å². The van der Waals surface area contributed by atoms with Crippen molar-refractivity contribution in [1.82, 2.24) is 10.1 Å². The zero-order chi connectivity index (χ0) is 9.10. The molecule has 0 N–H and O–H groups in total. The third-order valence-corrected chi connectivity index (χ3v) is 3.87. The minimum Gasteiger partial charge on any atom is -0.338 e. The Kier molecular flexibility index (Phi) is 3.16. The maximum atomic E-state index is 5.21. The Morgan fingerprint density at radius 3 is 3.31 bits per heavy atom. The molecule has 2 rings (SSSR count). The van der Waals surface area contributed by atoms with Crippen LogP contribution in [0.1, 0.15) is 29.8 Å². The largest absolute Gasteiger partial charge is 0.338 e. The van der Waals surface area contributed by atoms with Gasteiger partial charge in [0.1, 0.15) is 0 Å². The van der Waals surface area contributed by atoms with Crippen LogP contribution >= 0.6 is 23.5 Å². The van der Waals surface area contributed by atoms with E-state index in [1.807, 2.05) is 18.0 Å². The molecule has 0 saturated carbocycles. The molecule has 0 aromatic carbocycles. The van der Waals surface area contributed by atoms with Gasteiger partial charge in [0.15, 0.2) is 5.82 Å². The highest BCUT2D eigenvalue weighted by molar-refractivity contribution is 7.99. The fourth-order valence-corrected chi connectivity index (χ4v) is 2.92. The zero-order valence-corrected chi connectivity index (χ0v) is 9.16. The summed E-state index contributed by atoms with van der Waals surface area (Å²) in [5.74, 6) is 3.73. The second kappa shape index (κ2) is 4.37. The van der Waals surface area contributed by atoms with E-state index in [1.54, 1.807) is 11.8 Å². The van der Waals surface area contributed by atoms with Crippen molar-refractivity contribution in [2.75, 3.05) is 12.0 Å². The molecule has 1 aromatic rings. The maximum absolute atomic E-state index is 5.21. The smallest absolute Gasteiger partial charge is 0.239 e. The van der Waals surface area contributed by atoms with E-state index < -0.39 is 0 Å². The molecule has 3 nitrogen and oxygen atoms in total. The highest BCUT2D eigenvalue weighted by Crippen LogP contribution is 2.38. The minimum absolute atomic E-state index is 0.461. The molecule has 13 heavy (non-hydrogen) atoms. The molecule has 0 aliphatic carbocycles. The van der Waals surface area contributed by atoms with Gasteiger partial charge in [0, 0.05) is 0 Å². The van der Waals surface area contributed by atoms with Crippen LogP contribution in [0.5, 0.6) is 0 Å². The van der Waals surface area contributed by atoms with Crippen molar-refractivity contribution in [2.24, 2.45) is 0 Å². The van der Waals surface area contributed by atoms with Gasteiger partial charge in [-0.3, -0.25) is 0 Å². The number of rotatable bonds is 3. The maximum Gasteiger partial charge on any atom is 0.239 e. The van der Waals surface area contributed by atoms with Crippen LogP contribution in [0.2, 0.25) is 0 Å². The SMILES string of the molecule is CSCc1noc(C2CCCS2)n1. The predicted molar refractivity (Wildman–Crippen MR) is 56.0 cm³/mol. The van der Waals surface area contributed by atoms with Crippen LogP contribution in [0.25, 0.3) is 0 Å². The quantitative estimate of drug-likeness (QED) is 0.776. The van der Waals surface area contributed by atoms with E-state index in [1.165, 1.54) is 18.6 Å². The molecule has 2 heterocycles. The van der Waals surface area contributed by atoms with Crippen molar-refractivity contribution in [2.45, 2.75) is 23.8 Å². The van der Waals surface area contributed by atoms with Gasteiger partial charge in [0.25, 0.3) is 0 Å². The lowest BCUT2D eigenvalue weighted by atomic mass is 10.2. The summed E-state index contributed by atoms with van der Waals surface area (Å²) in [4.78, 5) is 4.36. The Labute approximate surface area is 86.0 Å². The van der Waals surface area contributed by atoms with Crippen LogP contribution in [-0.4, -0.2) is 22.1 Å². The lowest BCUT2D eigenvalue weighted by molar-refractivity contribution is 0.371. The lowest BCUT2D eigenvalue weighted by Gasteiger charge is -1.98. The van der Waals surface area contributed by atoms with Gasteiger partial charge in [-0.1, -0.05) is 5.16 Å². The van der Waals surface area contributed by atoms with Crippen molar-refractivity contribution < 1.29 is 4.52 Å². The second-order valence-corrected chi connectivity index (χ2v) is 5.16. The number of hydrogen-bond donors (Lipinski definition) is 0. The average Bonchev–Trinajstić information content (AvgIpc) is 2.70. The standard InChI is InChI=1S/C8H12N2OS2/c1-12-5-7-9-8(11-10-7)6-3-2-4-13-6/h6H,2-5H2,1H3. The summed E-state index contributed by atoms with van der Waals surface area (Å²) in [7, 11) is 0. The summed E-state index contributed by atoms with van der Waals surface area (Å²) >= 11 is 3.64. The Balaban J connectivity index is 2.03. The highest BCUT2D eigenvalue weighted by atomic mass is 32.2. The van der Waals surface area contributed by atoms with E-state index in [0.717, 1.165) is 17.5 Å². The van der Waals surface area contributed by atoms with E-state index >= 15 is 0 Å². The molecular formula is C8H12N2OS2. The first-order valence-electron chi connectivity index (χ1n) is 4.33. The van der Waals surface area contributed by atoms with E-state index in [-0.39, 0.29) is 0 Å². The molecule has 1 aromatic heterocycles. The molecule has 1 saturated heterocycles. The van der Waals surface area contributed by atoms with Gasteiger partial charge in [-0.05, 0) is 24.9 Å². The minimum atomic E-state index is 0.461. The Morgan fingerprint density at radius 2 is 2.62 bits per heavy atom. The van der Waals surface area contributed by atoms with Gasteiger partial charge in [-0.15, -0.1) is 11.8 Å². The molecular weight excluding hydrogens is 204 g/mol. The molecule has 0 amide bonds. The molecule has 0 spiro atoms. The molecule has 1 fully saturated rings. The van der Waals surface area contributed by atoms with Gasteiger partial charge >= 0.3 is 0 Å². The molecule has 1 atom stereocenters. The molecule has 1 aliphatic rings. The molecule has 0 bridgehead atoms. The molecule has 1 unspecified atom stereocenters. The first-order valence-corrected chi connectivity index (χ1v) is 6.77. The number of thioether (sulfide) groups is 2. The van der Waals surface area contributed by atoms with Crippen LogP contribution in [-0.2, 0) is 5.75 Å².